The van der Waals surface area contributed by atoms with Crippen LogP contribution >= 0.6 is 0 Å². The van der Waals surface area contributed by atoms with Crippen molar-refractivity contribution in [2.45, 2.75) is 252 Å². The number of Topliss-reactive ketones (excluding diaryl/α,β-unsaturated/α-hetero) is 2. The number of ether oxygens (including phenoxy) is 6. The molecule has 1 amide bonds. The largest absolute Gasteiger partial charge is 0.513 e. The van der Waals surface area contributed by atoms with E-state index in [1.165, 1.54) is 93.8 Å². The van der Waals surface area contributed by atoms with Gasteiger partial charge in [-0.15, -0.1) is 0 Å². The number of aliphatic hydroxyl groups is 1. The fraction of sp³-hybridized carbons (Fsp3) is 0.409. The number of hydrogen-bond acceptors (Lipinski definition) is 12. The predicted octanol–water partition coefficient (Wildman–Crippen LogP) is 31.3. The molecular weight excluding hydrogens is 1610 g/mol. The molecule has 0 bridgehead atoms. The van der Waals surface area contributed by atoms with Crippen molar-refractivity contribution < 1.29 is 65.5 Å². The molecule has 702 valence electrons. The fourth-order valence-corrected chi connectivity index (χ4v) is 12.2. The molecule has 128 heavy (non-hydrogen) atoms. The number of carbonyl (C=O) groups excluding carboxylic acids is 3. The number of nitrogens with two attached hydrogens (primary N) is 1. The summed E-state index contributed by atoms with van der Waals surface area (Å²) >= 11 is 0. The van der Waals surface area contributed by atoms with Crippen molar-refractivity contribution in [3.63, 3.8) is 0 Å². The molecule has 0 radical (unpaired) electrons. The van der Waals surface area contributed by atoms with E-state index >= 15 is 0 Å². The monoisotopic (exact) mass is 1770 g/mol. The third-order valence-electron chi connectivity index (χ3n) is 19.3. The number of amides is 1. The van der Waals surface area contributed by atoms with Gasteiger partial charge in [0, 0.05) is 69.7 Å². The minimum Gasteiger partial charge on any atom is -0.513 e. The summed E-state index contributed by atoms with van der Waals surface area (Å²) in [6.45, 7) is 50.1. The number of benzene rings is 9. The van der Waals surface area contributed by atoms with E-state index in [-0.39, 0.29) is 66.5 Å². The summed E-state index contributed by atoms with van der Waals surface area (Å²) in [4.78, 5) is 42.0. The second-order valence-corrected chi connectivity index (χ2v) is 32.1. The molecule has 1 aromatic heterocycles. The molecule has 4 aliphatic rings. The van der Waals surface area contributed by atoms with Gasteiger partial charge in [-0.25, -0.2) is 9.24 Å². The first-order chi connectivity index (χ1) is 58.0. The number of nitrogens with zero attached hydrogens (tertiary/aromatic N) is 3. The Kier molecular flexibility index (Phi) is 60.3. The molecule has 2 aliphatic carbocycles. The first-order valence-electron chi connectivity index (χ1n) is 42.0. The number of aryl methyl sites for hydroxylation is 9. The molecule has 2 atom stereocenters. The predicted molar refractivity (Wildman–Crippen MR) is 530 cm³/mol. The molecule has 3 fully saturated rings. The highest BCUT2D eigenvalue weighted by atomic mass is 19.3. The Labute approximate surface area is 768 Å². The van der Waals surface area contributed by atoms with Crippen molar-refractivity contribution in [1.29, 1.82) is 0 Å². The number of pyridine rings is 1. The van der Waals surface area contributed by atoms with Gasteiger partial charge < -0.3 is 44.2 Å². The number of hydrogen-bond donors (Lipinski definition) is 2. The normalized spacial score (nSPS) is 15.6. The van der Waals surface area contributed by atoms with Gasteiger partial charge in [-0.1, -0.05) is 246 Å². The van der Waals surface area contributed by atoms with E-state index in [1.807, 2.05) is 190 Å². The number of piperidine rings is 1. The maximum atomic E-state index is 13.1. The van der Waals surface area contributed by atoms with Crippen molar-refractivity contribution in [2.75, 3.05) is 25.1 Å². The summed E-state index contributed by atoms with van der Waals surface area (Å²) < 4.78 is 79.3. The van der Waals surface area contributed by atoms with Crippen LogP contribution in [0.5, 0.6) is 34.5 Å². The van der Waals surface area contributed by atoms with Crippen molar-refractivity contribution in [1.82, 2.24) is 4.98 Å². The average molecular weight is 1770 g/mol. The minimum atomic E-state index is -3.10. The van der Waals surface area contributed by atoms with Gasteiger partial charge in [0.15, 0.2) is 28.8 Å². The Hall–Kier alpha value is -11.7. The minimum absolute atomic E-state index is 0. The third kappa shape index (κ3) is 53.0. The lowest BCUT2D eigenvalue weighted by Crippen LogP contribution is -2.32. The molecule has 2 saturated carbocycles. The zero-order valence-corrected chi connectivity index (χ0v) is 76.4. The SMILES string of the molecule is C.C.C.C.C.C=C(O)C1CCC(C)CC1.CC(=O)c1ccc(C)cn1.CC(=O)c1ccc(N2CCC(C)CC2)cc1.CC1CC(C)C1.COc1ccccc1C.Cc1ccc(C(N)=O)cc1.Cc1ccc(OC(C)(F)F)cc1.Cc1ccc(OC(C)C)cc1.Cc1ccc(OC(C)F)cc1.Cc1ccc2c(c1)OC(C)(F)O2.Cc1ccccc1.[C-]#[N+]c1ccccc1C. The van der Waals surface area contributed by atoms with E-state index in [4.69, 9.17) is 41.1 Å². The first-order valence-corrected chi connectivity index (χ1v) is 42.0. The van der Waals surface area contributed by atoms with E-state index in [1.54, 1.807) is 74.8 Å². The molecule has 14 rings (SSSR count). The van der Waals surface area contributed by atoms with E-state index in [0.717, 1.165) is 106 Å². The van der Waals surface area contributed by atoms with Gasteiger partial charge in [-0.05, 0) is 265 Å². The maximum absolute atomic E-state index is 13.1. The summed E-state index contributed by atoms with van der Waals surface area (Å²) in [6, 6.07) is 69.7. The number of anilines is 1. The Balaban J connectivity index is -0.00000133. The van der Waals surface area contributed by atoms with Gasteiger partial charge in [0.2, 0.25) is 12.3 Å². The van der Waals surface area contributed by atoms with E-state index in [9.17, 15) is 31.9 Å². The van der Waals surface area contributed by atoms with Crippen LogP contribution in [0.1, 0.15) is 246 Å². The first kappa shape index (κ1) is 120. The zero-order chi connectivity index (χ0) is 91.8. The quantitative estimate of drug-likeness (QED) is 0.0514. The third-order valence-corrected chi connectivity index (χ3v) is 19.3. The molecule has 2 unspecified atom stereocenters. The molecule has 14 nitrogen and oxygen atoms in total. The molecule has 2 aliphatic heterocycles. The second kappa shape index (κ2) is 64.1. The van der Waals surface area contributed by atoms with Crippen molar-refractivity contribution in [3.05, 3.63) is 327 Å². The summed E-state index contributed by atoms with van der Waals surface area (Å²) in [6.07, 6.45) is 7.88. The zero-order valence-electron chi connectivity index (χ0n) is 76.4. The van der Waals surface area contributed by atoms with E-state index in [0.29, 0.717) is 47.1 Å². The number of aromatic nitrogens is 1. The second-order valence-electron chi connectivity index (χ2n) is 32.1. The number of rotatable bonds is 12. The van der Waals surface area contributed by atoms with Crippen LogP contribution < -0.4 is 39.1 Å². The van der Waals surface area contributed by atoms with Gasteiger partial charge in [-0.3, -0.25) is 19.4 Å². The van der Waals surface area contributed by atoms with Gasteiger partial charge in [0.25, 0.3) is 0 Å². The Bertz CT molecular complexity index is 4570. The molecular formula is C110H154F4N4O10. The average Bonchev–Trinajstić information content (AvgIpc) is 1.66. The highest BCUT2D eigenvalue weighted by molar-refractivity contribution is 5.94. The van der Waals surface area contributed by atoms with Crippen LogP contribution in [-0.4, -0.2) is 72.4 Å². The van der Waals surface area contributed by atoms with Crippen LogP contribution in [0.2, 0.25) is 0 Å². The summed E-state index contributed by atoms with van der Waals surface area (Å²) in [5.41, 5.74) is 19.1. The van der Waals surface area contributed by atoms with Crippen molar-refractivity contribution in [2.24, 2.45) is 35.3 Å². The standard InChI is InChI=1S/C14H19NO.C10H14O.C9H10F2O.C9H9FO2.C9H11FO.C9H16O.2C8H9NO.C8H7N.C8H10O.C7H8.C6H12.5CH4/c1-11-7-9-15(10-8-11)14-5-3-13(4-6-14)12(2)16;1-8(2)11-10-6-4-9(3)5-7-10;1-7-3-5-8(6-4-7)12-9(2,10)11;1-6-3-4-7-8(5-6)12-9(2,10)11-7;1-7-3-5-9(6-4-7)11-8(2)10;1-7-3-5-9(6-4-7)8(2)10;1-6-3-4-8(7(2)10)9-5-6;1-6-2-4-7(5-3-6)8(9)10;2*1-7-5-3-4-6-8(7)9-2;1-7-5-3-2-4-6-7;1-5-3-6(2)4-5;;;;;/h3-6,11H,7-10H2,1-2H3;4-8H,1-3H3;3-6H,1-2H3;3-5H,1-2H3;3-6,8H,1-2H3;7,9-10H,2-6H2,1H3;3-5H,1-2H3;2-5H,1H3,(H2,9,10);3-6H,1H3;3-6H,1-2H3;2-6H,1H3;5-6H,3-4H2,1-2H3;5*1H4. The van der Waals surface area contributed by atoms with Crippen LogP contribution in [-0.2, 0) is 0 Å². The molecule has 1 saturated heterocycles. The number of primary amides is 1. The van der Waals surface area contributed by atoms with Crippen molar-refractivity contribution in [3.8, 4) is 34.5 Å². The Morgan fingerprint density at radius 1 is 0.531 bits per heavy atom. The number of allylic oxidation sites excluding steroid dienone is 1. The number of ketones is 2. The van der Waals surface area contributed by atoms with E-state index < -0.39 is 18.5 Å². The Morgan fingerprint density at radius 2 is 0.945 bits per heavy atom. The molecule has 9 aromatic carbocycles. The maximum Gasteiger partial charge on any atom is 0.404 e. The number of carbonyl (C=O) groups is 3. The van der Waals surface area contributed by atoms with E-state index in [2.05, 4.69) is 104 Å². The lowest BCUT2D eigenvalue weighted by molar-refractivity contribution is -0.173. The molecule has 18 heteroatoms. The highest BCUT2D eigenvalue weighted by Crippen LogP contribution is 2.40. The number of fused-ring (bicyclic) bond motifs is 1. The van der Waals surface area contributed by atoms with Gasteiger partial charge in [0.1, 0.15) is 28.7 Å². The van der Waals surface area contributed by atoms with Gasteiger partial charge in [0.05, 0.1) is 25.5 Å². The molecule has 3 heterocycles. The van der Waals surface area contributed by atoms with Crippen molar-refractivity contribution >= 4 is 28.8 Å². The van der Waals surface area contributed by atoms with Crippen LogP contribution in [0, 0.1) is 98.5 Å². The number of aliphatic hydroxyl groups excluding tert-OH is 1. The highest BCUT2D eigenvalue weighted by Gasteiger charge is 2.36. The molecule has 3 N–H and O–H groups in total. The summed E-state index contributed by atoms with van der Waals surface area (Å²) in [7, 11) is 1.68. The fourth-order valence-electron chi connectivity index (χ4n) is 12.2. The van der Waals surface area contributed by atoms with Crippen LogP contribution in [0.3, 0.4) is 0 Å². The summed E-state index contributed by atoms with van der Waals surface area (Å²) in [5.74, 6) is 7.97. The smallest absolute Gasteiger partial charge is 0.404 e. The number of halogens is 4. The van der Waals surface area contributed by atoms with Gasteiger partial charge >= 0.3 is 12.1 Å². The topological polar surface area (TPSA) is 173 Å². The van der Waals surface area contributed by atoms with Gasteiger partial charge in [-0.2, -0.15) is 13.2 Å². The lowest BCUT2D eigenvalue weighted by Gasteiger charge is -2.32. The molecule has 0 spiro atoms. The lowest BCUT2D eigenvalue weighted by atomic mass is 9.78. The van der Waals surface area contributed by atoms with Crippen LogP contribution in [0.25, 0.3) is 4.85 Å². The molecule has 10 aromatic rings. The van der Waals surface area contributed by atoms with Crippen LogP contribution in [0.4, 0.5) is 28.9 Å². The number of methoxy groups -OCH3 is 1. The number of alkyl halides is 4. The Morgan fingerprint density at radius 3 is 1.31 bits per heavy atom. The van der Waals surface area contributed by atoms with Crippen LogP contribution in [0.15, 0.2) is 249 Å². The summed E-state index contributed by atoms with van der Waals surface area (Å²) in [5, 5.41) is 9.07. The number of para-hydroxylation sites is 2.